The van der Waals surface area contributed by atoms with Crippen LogP contribution in [0.15, 0.2) is 18.2 Å². The highest BCUT2D eigenvalue weighted by Crippen LogP contribution is 2.31. The molecule has 0 atom stereocenters. The summed E-state index contributed by atoms with van der Waals surface area (Å²) in [6.45, 7) is 4.37. The monoisotopic (exact) mass is 267 g/mol. The minimum absolute atomic E-state index is 0.0109. The predicted octanol–water partition coefficient (Wildman–Crippen LogP) is 3.11. The van der Waals surface area contributed by atoms with Gasteiger partial charge in [0.25, 0.3) is 0 Å². The highest BCUT2D eigenvalue weighted by Gasteiger charge is 2.25. The summed E-state index contributed by atoms with van der Waals surface area (Å²) in [6.07, 6.45) is 1.81. The van der Waals surface area contributed by atoms with Crippen molar-refractivity contribution < 1.29 is 19.6 Å². The van der Waals surface area contributed by atoms with E-state index in [4.69, 9.17) is 9.84 Å². The molecule has 104 valence electrons. The summed E-state index contributed by atoms with van der Waals surface area (Å²) < 4.78 is 5.43. The van der Waals surface area contributed by atoms with Gasteiger partial charge in [0.1, 0.15) is 5.56 Å². The molecule has 0 aliphatic carbocycles. The maximum atomic E-state index is 11.0. The number of hydrogen-bond acceptors (Lipinski definition) is 4. The number of carboxylic acid groups (broad SMARTS) is 1. The Hall–Kier alpha value is -2.11. The number of hydrogen-bond donors (Lipinski definition) is 1. The normalized spacial score (nSPS) is 10.5. The minimum Gasteiger partial charge on any atom is -0.487 e. The first-order valence-electron chi connectivity index (χ1n) is 6.14. The Labute approximate surface area is 111 Å². The fourth-order valence-corrected chi connectivity index (χ4v) is 1.73. The third kappa shape index (κ3) is 3.67. The van der Waals surface area contributed by atoms with E-state index in [0.717, 1.165) is 12.8 Å². The number of carbonyl (C=O) groups is 1. The zero-order chi connectivity index (χ0) is 14.4. The van der Waals surface area contributed by atoms with Crippen molar-refractivity contribution in [3.8, 4) is 5.75 Å². The van der Waals surface area contributed by atoms with Crippen molar-refractivity contribution in [2.75, 3.05) is 6.61 Å². The lowest BCUT2D eigenvalue weighted by atomic mass is 10.1. The Bertz CT molecular complexity index is 468. The highest BCUT2D eigenvalue weighted by molar-refractivity contribution is 5.93. The topological polar surface area (TPSA) is 89.7 Å². The lowest BCUT2D eigenvalue weighted by Gasteiger charge is -2.14. The molecule has 0 spiro atoms. The number of nitro benzene ring substituents is 1. The largest absolute Gasteiger partial charge is 0.487 e. The molecule has 0 aliphatic heterocycles. The van der Waals surface area contributed by atoms with Gasteiger partial charge in [-0.05, 0) is 18.1 Å². The van der Waals surface area contributed by atoms with E-state index in [9.17, 15) is 14.9 Å². The quantitative estimate of drug-likeness (QED) is 0.605. The molecule has 1 N–H and O–H groups in total. The summed E-state index contributed by atoms with van der Waals surface area (Å²) in [7, 11) is 0. The first-order valence-corrected chi connectivity index (χ1v) is 6.14. The molecule has 0 amide bonds. The van der Waals surface area contributed by atoms with Crippen LogP contribution in [-0.2, 0) is 0 Å². The SMILES string of the molecule is CCC(CC)COc1cccc(C(=O)O)c1[N+](=O)[O-]. The van der Waals surface area contributed by atoms with E-state index in [1.54, 1.807) is 0 Å². The van der Waals surface area contributed by atoms with Gasteiger partial charge in [-0.2, -0.15) is 0 Å². The average molecular weight is 267 g/mol. The molecule has 0 heterocycles. The van der Waals surface area contributed by atoms with E-state index in [1.165, 1.54) is 18.2 Å². The Balaban J connectivity index is 3.03. The number of benzene rings is 1. The van der Waals surface area contributed by atoms with Crippen LogP contribution in [-0.4, -0.2) is 22.6 Å². The Kier molecular flexibility index (Phi) is 5.29. The second-order valence-electron chi connectivity index (χ2n) is 4.21. The van der Waals surface area contributed by atoms with Crippen molar-refractivity contribution in [2.45, 2.75) is 26.7 Å². The lowest BCUT2D eigenvalue weighted by molar-refractivity contribution is -0.386. The smallest absolute Gasteiger partial charge is 0.342 e. The number of nitro groups is 1. The first kappa shape index (κ1) is 14.9. The first-order chi connectivity index (χ1) is 9.01. The Morgan fingerprint density at radius 3 is 2.53 bits per heavy atom. The van der Waals surface area contributed by atoms with E-state index < -0.39 is 16.6 Å². The summed E-state index contributed by atoms with van der Waals surface area (Å²) in [5, 5.41) is 19.9. The van der Waals surface area contributed by atoms with Crippen LogP contribution in [0.4, 0.5) is 5.69 Å². The van der Waals surface area contributed by atoms with Gasteiger partial charge >= 0.3 is 11.7 Å². The van der Waals surface area contributed by atoms with Crippen molar-refractivity contribution in [3.63, 3.8) is 0 Å². The maximum Gasteiger partial charge on any atom is 0.342 e. The van der Waals surface area contributed by atoms with Crippen LogP contribution in [0.25, 0.3) is 0 Å². The van der Waals surface area contributed by atoms with E-state index in [1.807, 2.05) is 13.8 Å². The van der Waals surface area contributed by atoms with Gasteiger partial charge in [-0.1, -0.05) is 32.8 Å². The Morgan fingerprint density at radius 1 is 1.42 bits per heavy atom. The average Bonchev–Trinajstić information content (AvgIpc) is 2.39. The van der Waals surface area contributed by atoms with Gasteiger partial charge in [0.2, 0.25) is 0 Å². The number of nitrogens with zero attached hydrogens (tertiary/aromatic N) is 1. The maximum absolute atomic E-state index is 11.0. The van der Waals surface area contributed by atoms with Gasteiger partial charge in [-0.25, -0.2) is 4.79 Å². The van der Waals surface area contributed by atoms with E-state index in [0.29, 0.717) is 12.5 Å². The zero-order valence-electron chi connectivity index (χ0n) is 11.0. The van der Waals surface area contributed by atoms with Crippen LogP contribution < -0.4 is 4.74 Å². The molecular weight excluding hydrogens is 250 g/mol. The minimum atomic E-state index is -1.33. The van der Waals surface area contributed by atoms with Crippen LogP contribution >= 0.6 is 0 Å². The van der Waals surface area contributed by atoms with Crippen molar-refractivity contribution in [1.29, 1.82) is 0 Å². The van der Waals surface area contributed by atoms with Crippen molar-refractivity contribution in [2.24, 2.45) is 5.92 Å². The van der Waals surface area contributed by atoms with Gasteiger partial charge in [0.05, 0.1) is 11.5 Å². The van der Waals surface area contributed by atoms with Crippen LogP contribution in [0.3, 0.4) is 0 Å². The van der Waals surface area contributed by atoms with E-state index >= 15 is 0 Å². The van der Waals surface area contributed by atoms with Crippen LogP contribution in [0.5, 0.6) is 5.75 Å². The fraction of sp³-hybridized carbons (Fsp3) is 0.462. The molecule has 0 saturated heterocycles. The molecule has 0 saturated carbocycles. The molecule has 0 aliphatic rings. The number of rotatable bonds is 7. The number of aromatic carboxylic acids is 1. The number of para-hydroxylation sites is 1. The van der Waals surface area contributed by atoms with Crippen LogP contribution in [0, 0.1) is 16.0 Å². The second-order valence-corrected chi connectivity index (χ2v) is 4.21. The van der Waals surface area contributed by atoms with Gasteiger partial charge in [0.15, 0.2) is 5.75 Å². The summed E-state index contributed by atoms with van der Waals surface area (Å²) >= 11 is 0. The molecule has 0 bridgehead atoms. The molecule has 1 aromatic carbocycles. The molecular formula is C13H17NO5. The van der Waals surface area contributed by atoms with E-state index in [-0.39, 0.29) is 11.3 Å². The molecule has 0 unspecified atom stereocenters. The van der Waals surface area contributed by atoms with Gasteiger partial charge in [-0.15, -0.1) is 0 Å². The zero-order valence-corrected chi connectivity index (χ0v) is 11.0. The summed E-state index contributed by atoms with van der Waals surface area (Å²) in [5.41, 5.74) is -0.840. The molecule has 6 nitrogen and oxygen atoms in total. The highest BCUT2D eigenvalue weighted by atomic mass is 16.6. The molecule has 1 aromatic rings. The summed E-state index contributed by atoms with van der Waals surface area (Å²) in [5.74, 6) is -1.02. The molecule has 19 heavy (non-hydrogen) atoms. The molecule has 6 heteroatoms. The fourth-order valence-electron chi connectivity index (χ4n) is 1.73. The van der Waals surface area contributed by atoms with Crippen LogP contribution in [0.1, 0.15) is 37.0 Å². The van der Waals surface area contributed by atoms with Crippen LogP contribution in [0.2, 0.25) is 0 Å². The van der Waals surface area contributed by atoms with Gasteiger partial charge in [-0.3, -0.25) is 10.1 Å². The standard InChI is InChI=1S/C13H17NO5/c1-3-9(4-2)8-19-11-7-5-6-10(13(15)16)12(11)14(17)18/h5-7,9H,3-4,8H2,1-2H3,(H,15,16). The van der Waals surface area contributed by atoms with Gasteiger partial charge < -0.3 is 9.84 Å². The third-order valence-corrected chi connectivity index (χ3v) is 3.04. The van der Waals surface area contributed by atoms with Crippen molar-refractivity contribution in [1.82, 2.24) is 0 Å². The lowest BCUT2D eigenvalue weighted by Crippen LogP contribution is -2.12. The molecule has 0 aromatic heterocycles. The number of ether oxygens (including phenoxy) is 1. The molecule has 0 radical (unpaired) electrons. The second kappa shape index (κ2) is 6.72. The Morgan fingerprint density at radius 2 is 2.05 bits per heavy atom. The van der Waals surface area contributed by atoms with Crippen molar-refractivity contribution >= 4 is 11.7 Å². The van der Waals surface area contributed by atoms with Crippen molar-refractivity contribution in [3.05, 3.63) is 33.9 Å². The van der Waals surface area contributed by atoms with E-state index in [2.05, 4.69) is 0 Å². The molecule has 0 fully saturated rings. The molecule has 1 rings (SSSR count). The van der Waals surface area contributed by atoms with Gasteiger partial charge in [0, 0.05) is 0 Å². The number of carboxylic acids is 1. The third-order valence-electron chi connectivity index (χ3n) is 3.04. The summed E-state index contributed by atoms with van der Waals surface area (Å²) in [6, 6.07) is 4.07. The predicted molar refractivity (Wildman–Crippen MR) is 69.6 cm³/mol. The summed E-state index contributed by atoms with van der Waals surface area (Å²) in [4.78, 5) is 21.2.